The molecule has 0 aromatic carbocycles. The second kappa shape index (κ2) is 5.64. The van der Waals surface area contributed by atoms with Crippen LogP contribution in [-0.4, -0.2) is 39.4 Å². The van der Waals surface area contributed by atoms with Crippen LogP contribution in [0.3, 0.4) is 0 Å². The summed E-state index contributed by atoms with van der Waals surface area (Å²) < 4.78 is 0. The molecule has 0 radical (unpaired) electrons. The van der Waals surface area contributed by atoms with Crippen molar-refractivity contribution in [2.24, 2.45) is 28.6 Å². The third-order valence-corrected chi connectivity index (χ3v) is 8.62. The predicted molar refractivity (Wildman–Crippen MR) is 94.8 cm³/mol. The van der Waals surface area contributed by atoms with Crippen LogP contribution in [-0.2, 0) is 4.79 Å². The summed E-state index contributed by atoms with van der Waals surface area (Å²) in [7, 11) is 0. The number of hydrogen-bond donors (Lipinski definition) is 3. The zero-order valence-corrected chi connectivity index (χ0v) is 15.5. The zero-order chi connectivity index (χ0) is 18.0. The number of Topliss-reactive ketones (excluding diaryl/α,β-unsaturated/α-hetero) is 1. The molecule has 0 bridgehead atoms. The number of carbonyl (C=O) groups is 1. The summed E-state index contributed by atoms with van der Waals surface area (Å²) in [6.07, 6.45) is 7.74. The van der Waals surface area contributed by atoms with Gasteiger partial charge in [0.15, 0.2) is 0 Å². The summed E-state index contributed by atoms with van der Waals surface area (Å²) in [6, 6.07) is 0. The van der Waals surface area contributed by atoms with Crippen LogP contribution in [0.25, 0.3) is 0 Å². The maximum atomic E-state index is 13.3. The molecule has 0 heterocycles. The van der Waals surface area contributed by atoms with E-state index >= 15 is 0 Å². The highest BCUT2D eigenvalue weighted by atomic mass is 16.3. The first kappa shape index (κ1) is 17.7. The largest absolute Gasteiger partial charge is 0.396 e. The van der Waals surface area contributed by atoms with Gasteiger partial charge in [-0.25, -0.2) is 0 Å². The highest BCUT2D eigenvalue weighted by Gasteiger charge is 2.65. The molecule has 4 aliphatic carbocycles. The lowest BCUT2D eigenvalue weighted by Gasteiger charge is -2.58. The topological polar surface area (TPSA) is 77.8 Å². The first-order chi connectivity index (χ1) is 11.7. The predicted octanol–water partition coefficient (Wildman–Crippen LogP) is 2.60. The van der Waals surface area contributed by atoms with Gasteiger partial charge >= 0.3 is 0 Å². The summed E-state index contributed by atoms with van der Waals surface area (Å²) in [4.78, 5) is 13.3. The van der Waals surface area contributed by atoms with Gasteiger partial charge in [-0.15, -0.1) is 0 Å². The van der Waals surface area contributed by atoms with E-state index < -0.39 is 11.0 Å². The molecule has 0 amide bonds. The van der Waals surface area contributed by atoms with Gasteiger partial charge in [-0.1, -0.05) is 25.5 Å². The van der Waals surface area contributed by atoms with Crippen LogP contribution in [0, 0.1) is 28.6 Å². The number of carbonyl (C=O) groups excluding carboxylic acids is 1. The third kappa shape index (κ3) is 2.26. The lowest BCUT2D eigenvalue weighted by molar-refractivity contribution is -0.160. The van der Waals surface area contributed by atoms with Gasteiger partial charge in [0, 0.05) is 24.4 Å². The van der Waals surface area contributed by atoms with Gasteiger partial charge < -0.3 is 15.3 Å². The highest BCUT2D eigenvalue weighted by molar-refractivity contribution is 5.85. The Hall–Kier alpha value is -0.710. The normalized spacial score (nSPS) is 52.2. The molecule has 140 valence electrons. The Morgan fingerprint density at radius 2 is 2.00 bits per heavy atom. The van der Waals surface area contributed by atoms with Crippen molar-refractivity contribution in [2.45, 2.75) is 76.9 Å². The molecule has 0 saturated heterocycles. The lowest BCUT2D eigenvalue weighted by Crippen LogP contribution is -2.58. The molecule has 4 rings (SSSR count). The molecule has 3 saturated carbocycles. The van der Waals surface area contributed by atoms with Crippen molar-refractivity contribution in [3.05, 3.63) is 11.6 Å². The lowest BCUT2D eigenvalue weighted by atomic mass is 9.46. The Morgan fingerprint density at radius 3 is 2.72 bits per heavy atom. The molecule has 0 aliphatic heterocycles. The minimum atomic E-state index is -0.916. The molecule has 0 spiro atoms. The standard InChI is InChI=1S/C21H32O4/c1-19-7-5-14(23)11-13(19)3-4-15-16-6-8-21(25,9-10-22)20(16,2)12-17(24)18(15)19/h3,14-16,18,22-23,25H,4-12H2,1-2H3/t14?,15-,16-,18+,19-,20-,21-/m0/s1. The minimum Gasteiger partial charge on any atom is -0.396 e. The summed E-state index contributed by atoms with van der Waals surface area (Å²) in [5.41, 5.74) is -0.156. The van der Waals surface area contributed by atoms with Crippen molar-refractivity contribution < 1.29 is 20.1 Å². The minimum absolute atomic E-state index is 0.0270. The molecule has 0 aromatic heterocycles. The van der Waals surface area contributed by atoms with Gasteiger partial charge in [-0.2, -0.15) is 0 Å². The Balaban J connectivity index is 1.72. The Labute approximate surface area is 150 Å². The quantitative estimate of drug-likeness (QED) is 0.670. The Kier molecular flexibility index (Phi) is 3.99. The number of hydrogen-bond acceptors (Lipinski definition) is 4. The molecule has 3 N–H and O–H groups in total. The maximum Gasteiger partial charge on any atom is 0.137 e. The molecule has 4 heteroatoms. The molecule has 7 atom stereocenters. The Bertz CT molecular complexity index is 613. The average Bonchev–Trinajstić information content (AvgIpc) is 2.79. The highest BCUT2D eigenvalue weighted by Crippen LogP contribution is 2.66. The van der Waals surface area contributed by atoms with E-state index in [1.54, 1.807) is 0 Å². The fourth-order valence-electron chi connectivity index (χ4n) is 7.16. The number of rotatable bonds is 2. The number of aliphatic hydroxyl groups is 3. The van der Waals surface area contributed by atoms with Crippen LogP contribution in [0.2, 0.25) is 0 Å². The molecule has 25 heavy (non-hydrogen) atoms. The van der Waals surface area contributed by atoms with Crippen molar-refractivity contribution in [3.63, 3.8) is 0 Å². The van der Waals surface area contributed by atoms with E-state index in [0.717, 1.165) is 25.7 Å². The van der Waals surface area contributed by atoms with E-state index in [-0.39, 0.29) is 24.0 Å². The van der Waals surface area contributed by atoms with Crippen LogP contribution in [0.4, 0.5) is 0 Å². The number of aliphatic hydroxyl groups excluding tert-OH is 2. The van der Waals surface area contributed by atoms with Gasteiger partial charge in [-0.05, 0) is 62.2 Å². The summed E-state index contributed by atoms with van der Waals surface area (Å²) in [5.74, 6) is 0.970. The fraction of sp³-hybridized carbons (Fsp3) is 0.857. The molecule has 4 nitrogen and oxygen atoms in total. The molecule has 1 unspecified atom stereocenters. The van der Waals surface area contributed by atoms with Gasteiger partial charge in [0.05, 0.1) is 11.7 Å². The summed E-state index contributed by atoms with van der Waals surface area (Å²) >= 11 is 0. The van der Waals surface area contributed by atoms with E-state index in [2.05, 4.69) is 19.9 Å². The van der Waals surface area contributed by atoms with Crippen LogP contribution in [0.5, 0.6) is 0 Å². The number of allylic oxidation sites excluding steroid dienone is 1. The van der Waals surface area contributed by atoms with E-state index in [0.29, 0.717) is 43.3 Å². The van der Waals surface area contributed by atoms with Crippen LogP contribution in [0.1, 0.15) is 65.2 Å². The van der Waals surface area contributed by atoms with Crippen LogP contribution in [0.15, 0.2) is 11.6 Å². The molecular formula is C21H32O4. The molecule has 4 aliphatic rings. The van der Waals surface area contributed by atoms with Crippen molar-refractivity contribution >= 4 is 5.78 Å². The fourth-order valence-corrected chi connectivity index (χ4v) is 7.16. The summed E-state index contributed by atoms with van der Waals surface area (Å²) in [6.45, 7) is 4.29. The first-order valence-electron chi connectivity index (χ1n) is 9.99. The molecular weight excluding hydrogens is 316 g/mol. The van der Waals surface area contributed by atoms with E-state index in [1.807, 2.05) is 0 Å². The van der Waals surface area contributed by atoms with E-state index in [4.69, 9.17) is 0 Å². The van der Waals surface area contributed by atoms with Gasteiger partial charge in [0.2, 0.25) is 0 Å². The third-order valence-electron chi connectivity index (χ3n) is 8.62. The number of fused-ring (bicyclic) bond motifs is 5. The van der Waals surface area contributed by atoms with Crippen LogP contribution >= 0.6 is 0 Å². The van der Waals surface area contributed by atoms with Crippen molar-refractivity contribution in [3.8, 4) is 0 Å². The second-order valence-corrected chi connectivity index (χ2v) is 9.63. The SMILES string of the molecule is C[C@]12CCC(O)CC1=CC[C@@H]1[C@@H]2C(=O)C[C@@]2(C)[C@H]1CC[C@]2(O)CCO. The second-order valence-electron chi connectivity index (χ2n) is 9.63. The van der Waals surface area contributed by atoms with Gasteiger partial charge in [0.1, 0.15) is 5.78 Å². The van der Waals surface area contributed by atoms with Crippen LogP contribution < -0.4 is 0 Å². The Morgan fingerprint density at radius 1 is 1.24 bits per heavy atom. The average molecular weight is 348 g/mol. The van der Waals surface area contributed by atoms with Crippen molar-refractivity contribution in [2.75, 3.05) is 6.61 Å². The van der Waals surface area contributed by atoms with Crippen molar-refractivity contribution in [1.29, 1.82) is 0 Å². The zero-order valence-electron chi connectivity index (χ0n) is 15.5. The first-order valence-corrected chi connectivity index (χ1v) is 9.99. The van der Waals surface area contributed by atoms with Crippen molar-refractivity contribution in [1.82, 2.24) is 0 Å². The molecule has 0 aromatic rings. The van der Waals surface area contributed by atoms with Gasteiger partial charge in [-0.3, -0.25) is 4.79 Å². The van der Waals surface area contributed by atoms with E-state index in [9.17, 15) is 20.1 Å². The van der Waals surface area contributed by atoms with E-state index in [1.165, 1.54) is 5.57 Å². The number of ketones is 1. The summed E-state index contributed by atoms with van der Waals surface area (Å²) in [5, 5.41) is 30.7. The monoisotopic (exact) mass is 348 g/mol. The smallest absolute Gasteiger partial charge is 0.137 e. The van der Waals surface area contributed by atoms with Gasteiger partial charge in [0.25, 0.3) is 0 Å². The molecule has 3 fully saturated rings. The maximum absolute atomic E-state index is 13.3.